The summed E-state index contributed by atoms with van der Waals surface area (Å²) in [6, 6.07) is -0.366. The van der Waals surface area contributed by atoms with E-state index in [4.69, 9.17) is 0 Å². The summed E-state index contributed by atoms with van der Waals surface area (Å²) in [4.78, 5) is 17.1. The molecular weight excluding hydrogens is 282 g/mol. The number of carbonyl (C=O) groups excluding carboxylic acids is 1. The highest BCUT2D eigenvalue weighted by Gasteiger charge is 2.44. The zero-order chi connectivity index (χ0) is 15.6. The predicted molar refractivity (Wildman–Crippen MR) is 81.1 cm³/mol. The van der Waals surface area contributed by atoms with E-state index in [0.29, 0.717) is 0 Å². The van der Waals surface area contributed by atoms with Gasteiger partial charge in [0.15, 0.2) is 0 Å². The average molecular weight is 307 g/mol. The van der Waals surface area contributed by atoms with Gasteiger partial charge in [-0.2, -0.15) is 0 Å². The van der Waals surface area contributed by atoms with E-state index in [1.54, 1.807) is 0 Å². The summed E-state index contributed by atoms with van der Waals surface area (Å²) < 4.78 is 1.48. The maximum atomic E-state index is 12.2. The first-order valence-corrected chi connectivity index (χ1v) is 7.99. The lowest BCUT2D eigenvalue weighted by Gasteiger charge is -2.35. The predicted octanol–water partition coefficient (Wildman–Crippen LogP) is -0.622. The van der Waals surface area contributed by atoms with Crippen LogP contribution in [0.5, 0.6) is 0 Å². The molecule has 1 aliphatic heterocycles. The van der Waals surface area contributed by atoms with Crippen LogP contribution in [-0.4, -0.2) is 82.2 Å². The summed E-state index contributed by atoms with van der Waals surface area (Å²) in [5, 5.41) is 14.0. The van der Waals surface area contributed by atoms with Crippen molar-refractivity contribution in [1.82, 2.24) is 35.3 Å². The molecule has 8 nitrogen and oxygen atoms in total. The second-order valence-corrected chi connectivity index (χ2v) is 6.76. The summed E-state index contributed by atoms with van der Waals surface area (Å²) in [6.45, 7) is 8.20. The van der Waals surface area contributed by atoms with Gasteiger partial charge < -0.3 is 15.1 Å². The number of rotatable bonds is 6. The van der Waals surface area contributed by atoms with E-state index in [1.807, 2.05) is 6.92 Å². The van der Waals surface area contributed by atoms with Gasteiger partial charge in [-0.3, -0.25) is 4.79 Å². The summed E-state index contributed by atoms with van der Waals surface area (Å²) in [6.07, 6.45) is 3.89. The Balaban J connectivity index is 1.45. The maximum Gasteiger partial charge on any atom is 0.244 e. The minimum absolute atomic E-state index is 0.0167. The fourth-order valence-corrected chi connectivity index (χ4v) is 2.94. The topological polar surface area (TPSA) is 79.2 Å². The molecular formula is C14H25N7O. The zero-order valence-electron chi connectivity index (χ0n) is 13.4. The Morgan fingerprint density at radius 3 is 2.64 bits per heavy atom. The number of hydrogen-bond donors (Lipinski definition) is 1. The van der Waals surface area contributed by atoms with E-state index in [9.17, 15) is 4.79 Å². The first kappa shape index (κ1) is 15.4. The number of aromatic nitrogens is 4. The highest BCUT2D eigenvalue weighted by Crippen LogP contribution is 2.45. The number of nitrogens with zero attached hydrogens (tertiary/aromatic N) is 6. The fourth-order valence-electron chi connectivity index (χ4n) is 2.94. The minimum atomic E-state index is -0.366. The zero-order valence-corrected chi connectivity index (χ0v) is 13.4. The Bertz CT molecular complexity index is 491. The van der Waals surface area contributed by atoms with Crippen molar-refractivity contribution in [2.45, 2.75) is 25.8 Å². The van der Waals surface area contributed by atoms with Crippen molar-refractivity contribution in [3.05, 3.63) is 6.33 Å². The van der Waals surface area contributed by atoms with E-state index >= 15 is 0 Å². The molecule has 2 heterocycles. The van der Waals surface area contributed by atoms with Crippen LogP contribution >= 0.6 is 0 Å². The van der Waals surface area contributed by atoms with Gasteiger partial charge in [-0.1, -0.05) is 0 Å². The number of nitrogens with one attached hydrogen (secondary N) is 1. The number of likely N-dealkylation sites (N-methyl/N-ethyl adjacent to an activating group) is 1. The van der Waals surface area contributed by atoms with Gasteiger partial charge >= 0.3 is 0 Å². The van der Waals surface area contributed by atoms with Crippen LogP contribution in [0.1, 0.15) is 25.8 Å². The molecule has 1 saturated heterocycles. The van der Waals surface area contributed by atoms with Crippen LogP contribution in [0.3, 0.4) is 0 Å². The molecule has 1 amide bonds. The van der Waals surface area contributed by atoms with E-state index in [1.165, 1.54) is 23.9 Å². The molecule has 122 valence electrons. The highest BCUT2D eigenvalue weighted by molar-refractivity contribution is 5.79. The summed E-state index contributed by atoms with van der Waals surface area (Å²) in [5.41, 5.74) is 0.284. The van der Waals surface area contributed by atoms with Crippen LogP contribution in [0, 0.1) is 5.41 Å². The van der Waals surface area contributed by atoms with E-state index < -0.39 is 0 Å². The molecule has 8 heteroatoms. The SMILES string of the molecule is C[C@@H](C(=O)NCC1(CN2CCN(C)CC2)CC1)n1cnnn1. The molecule has 1 atom stereocenters. The Hall–Kier alpha value is -1.54. The second-order valence-electron chi connectivity index (χ2n) is 6.76. The van der Waals surface area contributed by atoms with E-state index in [-0.39, 0.29) is 17.4 Å². The summed E-state index contributed by atoms with van der Waals surface area (Å²) in [5.74, 6) is -0.0167. The third-order valence-corrected chi connectivity index (χ3v) is 4.89. The molecule has 0 radical (unpaired) electrons. The third-order valence-electron chi connectivity index (χ3n) is 4.89. The minimum Gasteiger partial charge on any atom is -0.354 e. The Kier molecular flexibility index (Phi) is 4.39. The van der Waals surface area contributed by atoms with E-state index in [2.05, 4.69) is 37.7 Å². The van der Waals surface area contributed by atoms with Crippen molar-refractivity contribution in [3.63, 3.8) is 0 Å². The summed E-state index contributed by atoms with van der Waals surface area (Å²) >= 11 is 0. The van der Waals surface area contributed by atoms with Gasteiger partial charge in [0.1, 0.15) is 12.4 Å². The molecule has 0 aromatic carbocycles. The number of piperazine rings is 1. The lowest BCUT2D eigenvalue weighted by molar-refractivity contribution is -0.124. The van der Waals surface area contributed by atoms with E-state index in [0.717, 1.165) is 39.3 Å². The monoisotopic (exact) mass is 307 g/mol. The Morgan fingerprint density at radius 1 is 1.32 bits per heavy atom. The van der Waals surface area contributed by atoms with Gasteiger partial charge in [-0.05, 0) is 37.2 Å². The molecule has 1 saturated carbocycles. The largest absolute Gasteiger partial charge is 0.354 e. The molecule has 1 aromatic rings. The van der Waals surface area contributed by atoms with Gasteiger partial charge in [0.05, 0.1) is 0 Å². The molecule has 3 rings (SSSR count). The highest BCUT2D eigenvalue weighted by atomic mass is 16.2. The quantitative estimate of drug-likeness (QED) is 0.754. The van der Waals surface area contributed by atoms with Crippen LogP contribution in [0.25, 0.3) is 0 Å². The van der Waals surface area contributed by atoms with Gasteiger partial charge in [-0.25, -0.2) is 4.68 Å². The first-order chi connectivity index (χ1) is 10.6. The molecule has 2 fully saturated rings. The van der Waals surface area contributed by atoms with Crippen LogP contribution < -0.4 is 5.32 Å². The molecule has 2 aliphatic rings. The third kappa shape index (κ3) is 3.61. The van der Waals surface area contributed by atoms with Crippen molar-refractivity contribution in [3.8, 4) is 0 Å². The number of hydrogen-bond acceptors (Lipinski definition) is 6. The van der Waals surface area contributed by atoms with Crippen molar-refractivity contribution in [1.29, 1.82) is 0 Å². The van der Waals surface area contributed by atoms with Crippen molar-refractivity contribution >= 4 is 5.91 Å². The molecule has 1 aromatic heterocycles. The molecule has 1 aliphatic carbocycles. The molecule has 0 spiro atoms. The van der Waals surface area contributed by atoms with Gasteiger partial charge in [0.25, 0.3) is 0 Å². The van der Waals surface area contributed by atoms with Gasteiger partial charge in [0, 0.05) is 44.7 Å². The van der Waals surface area contributed by atoms with Crippen LogP contribution in [0.4, 0.5) is 0 Å². The van der Waals surface area contributed by atoms with Gasteiger partial charge in [0.2, 0.25) is 5.91 Å². The fraction of sp³-hybridized carbons (Fsp3) is 0.857. The first-order valence-electron chi connectivity index (χ1n) is 7.99. The maximum absolute atomic E-state index is 12.2. The molecule has 1 N–H and O–H groups in total. The standard InChI is InChI=1S/C14H25N7O/c1-12(21-11-16-17-18-21)13(22)15-9-14(3-4-14)10-20-7-5-19(2)6-8-20/h11-12H,3-10H2,1-2H3,(H,15,22)/t12-/m0/s1. The molecule has 0 bridgehead atoms. The smallest absolute Gasteiger partial charge is 0.244 e. The Labute approximate surface area is 130 Å². The lowest BCUT2D eigenvalue weighted by Crippen LogP contribution is -2.48. The van der Waals surface area contributed by atoms with Crippen LogP contribution in [0.2, 0.25) is 0 Å². The molecule has 22 heavy (non-hydrogen) atoms. The number of amides is 1. The normalized spacial score (nSPS) is 23.2. The molecule has 0 unspecified atom stereocenters. The second kappa shape index (κ2) is 6.29. The average Bonchev–Trinajstić information content (AvgIpc) is 3.06. The lowest BCUT2D eigenvalue weighted by atomic mass is 10.1. The van der Waals surface area contributed by atoms with Crippen molar-refractivity contribution < 1.29 is 4.79 Å². The van der Waals surface area contributed by atoms with Crippen molar-refractivity contribution in [2.24, 2.45) is 5.41 Å². The summed E-state index contributed by atoms with van der Waals surface area (Å²) in [7, 11) is 2.17. The number of carbonyl (C=O) groups is 1. The van der Waals surface area contributed by atoms with Crippen molar-refractivity contribution in [2.75, 3.05) is 46.3 Å². The van der Waals surface area contributed by atoms with Gasteiger partial charge in [-0.15, -0.1) is 5.10 Å². The Morgan fingerprint density at radius 2 is 2.05 bits per heavy atom. The number of tetrazole rings is 1. The van der Waals surface area contributed by atoms with Crippen LogP contribution in [-0.2, 0) is 4.79 Å². The van der Waals surface area contributed by atoms with Crippen LogP contribution in [0.15, 0.2) is 6.33 Å².